The van der Waals surface area contributed by atoms with E-state index in [2.05, 4.69) is 25.3 Å². The number of guanidine groups is 1. The van der Waals surface area contributed by atoms with Crippen LogP contribution in [-0.2, 0) is 4.79 Å². The summed E-state index contributed by atoms with van der Waals surface area (Å²) >= 11 is 0. The van der Waals surface area contributed by atoms with E-state index < -0.39 is 12.7 Å². The second-order valence-electron chi connectivity index (χ2n) is 10.9. The molecule has 1 saturated heterocycles. The Morgan fingerprint density at radius 3 is 2.46 bits per heavy atom. The predicted molar refractivity (Wildman–Crippen MR) is 169 cm³/mol. The fourth-order valence-electron chi connectivity index (χ4n) is 5.35. The molecule has 2 aromatic heterocycles. The van der Waals surface area contributed by atoms with E-state index in [1.807, 2.05) is 17.4 Å². The van der Waals surface area contributed by atoms with Crippen molar-refractivity contribution < 1.29 is 23.1 Å². The molecule has 242 valence electrons. The van der Waals surface area contributed by atoms with Gasteiger partial charge in [0.25, 0.3) is 5.91 Å². The van der Waals surface area contributed by atoms with E-state index in [-0.39, 0.29) is 23.5 Å². The molecule has 1 aliphatic heterocycles. The molecule has 5 rings (SSSR count). The number of imidazole rings is 1. The second-order valence-corrected chi connectivity index (χ2v) is 10.9. The number of rotatable bonds is 11. The minimum absolute atomic E-state index is 0.0683. The van der Waals surface area contributed by atoms with Crippen LogP contribution in [0.1, 0.15) is 28.8 Å². The molecule has 46 heavy (non-hydrogen) atoms. The van der Waals surface area contributed by atoms with Gasteiger partial charge in [0.15, 0.2) is 17.4 Å². The maximum absolute atomic E-state index is 13.4. The highest BCUT2D eigenvalue weighted by Crippen LogP contribution is 2.28. The third-order valence-electron chi connectivity index (χ3n) is 7.73. The van der Waals surface area contributed by atoms with Crippen molar-refractivity contribution in [3.05, 3.63) is 72.2 Å². The standard InChI is InChI=1S/C31H36F2N10O3/c1-19-17-21(40-26-27-39-18-25(43(27)12-11-37-26)20-4-7-22(8-5-20)46-30(32)33)6-9-23(19)28(44)41-13-15-42(16-14-41)29(45)24(34)3-2-10-38-31(35)36/h4-9,11-12,17-18,24,30H,2-3,10,13-16,34H2,1H3,(H,37,40)(H4,35,36,38)/t24-/m0/s1. The van der Waals surface area contributed by atoms with Crippen LogP contribution in [-0.4, -0.2) is 87.3 Å². The molecule has 15 heteroatoms. The molecule has 13 nitrogen and oxygen atoms in total. The first-order valence-electron chi connectivity index (χ1n) is 14.8. The van der Waals surface area contributed by atoms with Crippen LogP contribution in [0, 0.1) is 12.3 Å². The van der Waals surface area contributed by atoms with Crippen LogP contribution in [0.5, 0.6) is 5.75 Å². The van der Waals surface area contributed by atoms with Crippen LogP contribution in [0.25, 0.3) is 16.9 Å². The third kappa shape index (κ3) is 7.48. The summed E-state index contributed by atoms with van der Waals surface area (Å²) in [6.45, 7) is 1.05. The molecule has 2 amide bonds. The largest absolute Gasteiger partial charge is 0.435 e. The Balaban J connectivity index is 1.20. The number of benzene rings is 2. The first-order chi connectivity index (χ1) is 22.1. The maximum atomic E-state index is 13.4. The van der Waals surface area contributed by atoms with Gasteiger partial charge in [0, 0.05) is 61.9 Å². The Morgan fingerprint density at radius 2 is 1.78 bits per heavy atom. The highest BCUT2D eigenvalue weighted by molar-refractivity contribution is 5.96. The number of aromatic nitrogens is 3. The van der Waals surface area contributed by atoms with Gasteiger partial charge >= 0.3 is 6.61 Å². The lowest BCUT2D eigenvalue weighted by Crippen LogP contribution is -2.54. The van der Waals surface area contributed by atoms with Crippen molar-refractivity contribution in [2.75, 3.05) is 38.0 Å². The van der Waals surface area contributed by atoms with E-state index in [9.17, 15) is 18.4 Å². The van der Waals surface area contributed by atoms with Crippen molar-refractivity contribution in [3.63, 3.8) is 0 Å². The number of nitrogens with zero attached hydrogens (tertiary/aromatic N) is 5. The monoisotopic (exact) mass is 634 g/mol. The molecule has 0 aliphatic carbocycles. The van der Waals surface area contributed by atoms with Crippen LogP contribution in [0.2, 0.25) is 0 Å². The van der Waals surface area contributed by atoms with Gasteiger partial charge in [-0.2, -0.15) is 8.78 Å². The molecule has 4 aromatic rings. The maximum Gasteiger partial charge on any atom is 0.387 e. The Bertz CT molecular complexity index is 1700. The Labute approximate surface area is 264 Å². The van der Waals surface area contributed by atoms with Gasteiger partial charge in [-0.15, -0.1) is 0 Å². The van der Waals surface area contributed by atoms with Gasteiger partial charge in [-0.25, -0.2) is 9.97 Å². The predicted octanol–water partition coefficient (Wildman–Crippen LogP) is 2.92. The number of amides is 2. The van der Waals surface area contributed by atoms with Gasteiger partial charge in [-0.3, -0.25) is 19.4 Å². The zero-order valence-electron chi connectivity index (χ0n) is 25.2. The van der Waals surface area contributed by atoms with E-state index in [4.69, 9.17) is 16.9 Å². The van der Waals surface area contributed by atoms with Crippen LogP contribution >= 0.6 is 0 Å². The number of anilines is 2. The fraction of sp³-hybridized carbons (Fsp3) is 0.323. The summed E-state index contributed by atoms with van der Waals surface area (Å²) < 4.78 is 31.3. The molecule has 1 atom stereocenters. The van der Waals surface area contributed by atoms with Crippen molar-refractivity contribution in [1.29, 1.82) is 5.41 Å². The molecule has 1 fully saturated rings. The van der Waals surface area contributed by atoms with Crippen LogP contribution in [0.4, 0.5) is 20.3 Å². The lowest BCUT2D eigenvalue weighted by molar-refractivity contribution is -0.134. The van der Waals surface area contributed by atoms with Gasteiger partial charge in [0.05, 0.1) is 17.9 Å². The number of nitrogens with one attached hydrogen (secondary N) is 3. The normalized spacial score (nSPS) is 13.9. The first-order valence-corrected chi connectivity index (χ1v) is 14.8. The van der Waals surface area contributed by atoms with Gasteiger partial charge in [0.2, 0.25) is 5.91 Å². The summed E-state index contributed by atoms with van der Waals surface area (Å²) in [6, 6.07) is 11.1. The Hall–Kier alpha value is -5.31. The molecule has 7 N–H and O–H groups in total. The van der Waals surface area contributed by atoms with E-state index in [0.717, 1.165) is 22.5 Å². The number of nitrogens with two attached hydrogens (primary N) is 2. The molecular formula is C31H36F2N10O3. The number of fused-ring (bicyclic) bond motifs is 1. The number of alkyl halides is 2. The number of aryl methyl sites for hydroxylation is 1. The third-order valence-corrected chi connectivity index (χ3v) is 7.73. The highest BCUT2D eigenvalue weighted by Gasteiger charge is 2.28. The molecule has 0 unspecified atom stereocenters. The van der Waals surface area contributed by atoms with Crippen molar-refractivity contribution in [1.82, 2.24) is 29.5 Å². The summed E-state index contributed by atoms with van der Waals surface area (Å²) in [4.78, 5) is 38.6. The van der Waals surface area contributed by atoms with E-state index >= 15 is 0 Å². The molecule has 0 saturated carbocycles. The van der Waals surface area contributed by atoms with Crippen molar-refractivity contribution >= 4 is 34.9 Å². The summed E-state index contributed by atoms with van der Waals surface area (Å²) in [5.74, 6) is 0.192. The molecule has 0 radical (unpaired) electrons. The van der Waals surface area contributed by atoms with Crippen molar-refractivity contribution in [3.8, 4) is 17.0 Å². The summed E-state index contributed by atoms with van der Waals surface area (Å²) in [5.41, 5.74) is 15.5. The molecule has 3 heterocycles. The number of ether oxygens (including phenoxy) is 1. The average Bonchev–Trinajstić information content (AvgIpc) is 3.48. The van der Waals surface area contributed by atoms with E-state index in [1.54, 1.807) is 52.7 Å². The lowest BCUT2D eigenvalue weighted by Gasteiger charge is -2.36. The molecule has 0 bridgehead atoms. The number of hydrogen-bond acceptors (Lipinski definition) is 8. The average molecular weight is 635 g/mol. The SMILES string of the molecule is Cc1cc(Nc2nccn3c(-c4ccc(OC(F)F)cc4)cnc23)ccc1C(=O)N1CCN(C(=O)[C@@H](N)CCCNC(=N)N)CC1. The molecule has 0 spiro atoms. The zero-order valence-corrected chi connectivity index (χ0v) is 25.2. The highest BCUT2D eigenvalue weighted by atomic mass is 19.3. The van der Waals surface area contributed by atoms with E-state index in [1.165, 1.54) is 12.1 Å². The Morgan fingerprint density at radius 1 is 1.07 bits per heavy atom. The summed E-state index contributed by atoms with van der Waals surface area (Å²) in [5, 5.41) is 13.2. The number of carbonyl (C=O) groups is 2. The van der Waals surface area contributed by atoms with Gasteiger partial charge < -0.3 is 36.6 Å². The number of halogens is 2. The number of piperazine rings is 1. The molecule has 2 aromatic carbocycles. The smallest absolute Gasteiger partial charge is 0.387 e. The fourth-order valence-corrected chi connectivity index (χ4v) is 5.35. The molecular weight excluding hydrogens is 598 g/mol. The second kappa shape index (κ2) is 14.2. The topological polar surface area (TPSA) is 180 Å². The van der Waals surface area contributed by atoms with Gasteiger partial charge in [-0.05, 0) is 67.8 Å². The van der Waals surface area contributed by atoms with Crippen LogP contribution < -0.4 is 26.8 Å². The van der Waals surface area contributed by atoms with Crippen LogP contribution in [0.3, 0.4) is 0 Å². The lowest BCUT2D eigenvalue weighted by atomic mass is 10.1. The van der Waals surface area contributed by atoms with Crippen molar-refractivity contribution in [2.45, 2.75) is 32.4 Å². The van der Waals surface area contributed by atoms with Gasteiger partial charge in [-0.1, -0.05) is 0 Å². The number of carbonyl (C=O) groups excluding carboxylic acids is 2. The summed E-state index contributed by atoms with van der Waals surface area (Å²) in [6.07, 6.45) is 6.14. The number of hydrogen-bond donors (Lipinski definition) is 5. The minimum atomic E-state index is -2.89. The Kier molecular flexibility index (Phi) is 9.91. The van der Waals surface area contributed by atoms with Crippen molar-refractivity contribution in [2.24, 2.45) is 11.5 Å². The van der Waals surface area contributed by atoms with E-state index in [0.29, 0.717) is 62.6 Å². The first kappa shape index (κ1) is 32.1. The quantitative estimate of drug-likeness (QED) is 0.0942. The van der Waals surface area contributed by atoms with Gasteiger partial charge in [0.1, 0.15) is 5.75 Å². The molecule has 1 aliphatic rings. The summed E-state index contributed by atoms with van der Waals surface area (Å²) in [7, 11) is 0. The van der Waals surface area contributed by atoms with Crippen LogP contribution in [0.15, 0.2) is 61.1 Å². The zero-order chi connectivity index (χ0) is 32.8. The minimum Gasteiger partial charge on any atom is -0.435 e.